The molecule has 2 aromatic carbocycles. The van der Waals surface area contributed by atoms with Crippen LogP contribution < -0.4 is 10.1 Å². The second kappa shape index (κ2) is 11.8. The summed E-state index contributed by atoms with van der Waals surface area (Å²) in [7, 11) is 0. The maximum absolute atomic E-state index is 15.9. The number of pyridine rings is 1. The number of hydrogen-bond donors (Lipinski definition) is 2. The van der Waals surface area contributed by atoms with Gasteiger partial charge in [0.15, 0.2) is 0 Å². The van der Waals surface area contributed by atoms with Crippen LogP contribution in [0.3, 0.4) is 0 Å². The van der Waals surface area contributed by atoms with E-state index in [1.54, 1.807) is 4.90 Å². The lowest BCUT2D eigenvalue weighted by atomic mass is 9.94. The molecule has 0 saturated heterocycles. The lowest BCUT2D eigenvalue weighted by molar-refractivity contribution is -0.126. The molecular formula is C33H26F2N4O4S2. The number of amides is 2. The number of aliphatic hydroxyl groups excluding tert-OH is 1. The van der Waals surface area contributed by atoms with Gasteiger partial charge < -0.3 is 20.1 Å². The van der Waals surface area contributed by atoms with Crippen molar-refractivity contribution in [2.24, 2.45) is 0 Å². The maximum atomic E-state index is 15.9. The molecule has 2 aliphatic rings. The Labute approximate surface area is 264 Å². The number of aromatic nitrogens is 2. The number of ether oxygens (including phenoxy) is 1. The summed E-state index contributed by atoms with van der Waals surface area (Å²) in [6, 6.07) is 9.71. The van der Waals surface area contributed by atoms with E-state index in [0.29, 0.717) is 59.1 Å². The zero-order chi connectivity index (χ0) is 31.2. The van der Waals surface area contributed by atoms with E-state index in [1.807, 2.05) is 29.6 Å². The number of aliphatic hydroxyl groups is 1. The van der Waals surface area contributed by atoms with Crippen molar-refractivity contribution in [3.63, 3.8) is 0 Å². The molecule has 3 aromatic heterocycles. The van der Waals surface area contributed by atoms with Crippen LogP contribution in [0.15, 0.2) is 54.4 Å². The van der Waals surface area contributed by atoms with Gasteiger partial charge in [0.2, 0.25) is 11.8 Å². The van der Waals surface area contributed by atoms with Gasteiger partial charge in [0.25, 0.3) is 0 Å². The molecule has 5 heterocycles. The zero-order valence-corrected chi connectivity index (χ0v) is 25.5. The minimum atomic E-state index is -0.831. The number of nitrogens with one attached hydrogen (secondary N) is 1. The Balaban J connectivity index is 1.48. The third-order valence-electron chi connectivity index (χ3n) is 7.95. The average Bonchev–Trinajstić information content (AvgIpc) is 3.70. The summed E-state index contributed by atoms with van der Waals surface area (Å²) in [6.45, 7) is 4.38. The van der Waals surface area contributed by atoms with E-state index in [4.69, 9.17) is 14.7 Å². The standard InChI is InChI=1S/C33H26F2N4O4S2/c1-2-27(42)39-7-5-23-25(16-39)45-33(37-23)31-29(28-22(35)13-20(34)14-24(28)43-9-8-40)32-21(6-10-44-32)30(38-31)18-4-3-17-12-26(41)36-15-19(17)11-18/h2-4,6,10-11,13-14,40H,1,5,7-9,12,15-16H2,(H,36,41). The summed E-state index contributed by atoms with van der Waals surface area (Å²) in [6.07, 6.45) is 2.14. The Morgan fingerprint density at radius 2 is 2.00 bits per heavy atom. The molecule has 12 heteroatoms. The Hall–Kier alpha value is -4.52. The number of hydrogen-bond acceptors (Lipinski definition) is 8. The molecule has 7 rings (SSSR count). The highest BCUT2D eigenvalue weighted by atomic mass is 32.1. The van der Waals surface area contributed by atoms with Crippen molar-refractivity contribution in [1.82, 2.24) is 20.2 Å². The van der Waals surface area contributed by atoms with E-state index >= 15 is 4.39 Å². The molecule has 0 radical (unpaired) electrons. The van der Waals surface area contributed by atoms with E-state index < -0.39 is 11.6 Å². The topological polar surface area (TPSA) is 105 Å². The molecule has 2 N–H and O–H groups in total. The smallest absolute Gasteiger partial charge is 0.246 e. The Bertz CT molecular complexity index is 2020. The summed E-state index contributed by atoms with van der Waals surface area (Å²) in [5.74, 6) is -1.89. The first-order valence-corrected chi connectivity index (χ1v) is 16.0. The van der Waals surface area contributed by atoms with Gasteiger partial charge in [-0.3, -0.25) is 9.59 Å². The van der Waals surface area contributed by atoms with Gasteiger partial charge in [-0.15, -0.1) is 22.7 Å². The molecule has 0 bridgehead atoms. The Kier molecular flexibility index (Phi) is 7.64. The number of nitrogens with zero attached hydrogens (tertiary/aromatic N) is 3. The first-order chi connectivity index (χ1) is 21.8. The molecular weight excluding hydrogens is 619 g/mol. The molecule has 5 aromatic rings. The fourth-order valence-corrected chi connectivity index (χ4v) is 7.92. The van der Waals surface area contributed by atoms with Gasteiger partial charge in [-0.25, -0.2) is 18.7 Å². The van der Waals surface area contributed by atoms with Crippen molar-refractivity contribution in [3.8, 4) is 38.8 Å². The predicted octanol–water partition coefficient (Wildman–Crippen LogP) is 5.65. The van der Waals surface area contributed by atoms with Gasteiger partial charge in [-0.05, 0) is 34.7 Å². The van der Waals surface area contributed by atoms with Crippen molar-refractivity contribution >= 4 is 44.6 Å². The minimum Gasteiger partial charge on any atom is -0.490 e. The van der Waals surface area contributed by atoms with Gasteiger partial charge >= 0.3 is 0 Å². The molecule has 8 nitrogen and oxygen atoms in total. The van der Waals surface area contributed by atoms with E-state index in [-0.39, 0.29) is 36.3 Å². The first kappa shape index (κ1) is 29.2. The third kappa shape index (κ3) is 5.28. The third-order valence-corrected chi connectivity index (χ3v) is 9.97. The number of fused-ring (bicyclic) bond motifs is 3. The highest BCUT2D eigenvalue weighted by molar-refractivity contribution is 7.18. The average molecular weight is 645 g/mol. The van der Waals surface area contributed by atoms with Crippen LogP contribution in [0.5, 0.6) is 5.75 Å². The molecule has 2 amide bonds. The van der Waals surface area contributed by atoms with Crippen LogP contribution in [-0.4, -0.2) is 51.5 Å². The molecule has 2 aliphatic heterocycles. The summed E-state index contributed by atoms with van der Waals surface area (Å²) >= 11 is 2.77. The van der Waals surface area contributed by atoms with Crippen molar-refractivity contribution in [1.29, 1.82) is 0 Å². The molecule has 45 heavy (non-hydrogen) atoms. The van der Waals surface area contributed by atoms with Gasteiger partial charge in [0, 0.05) is 57.7 Å². The number of rotatable bonds is 7. The van der Waals surface area contributed by atoms with E-state index in [1.165, 1.54) is 28.7 Å². The zero-order valence-electron chi connectivity index (χ0n) is 23.9. The van der Waals surface area contributed by atoms with Crippen LogP contribution in [0.4, 0.5) is 8.78 Å². The quantitative estimate of drug-likeness (QED) is 0.222. The summed E-state index contributed by atoms with van der Waals surface area (Å²) in [5.41, 5.74) is 5.08. The van der Waals surface area contributed by atoms with E-state index in [2.05, 4.69) is 11.9 Å². The fourth-order valence-electron chi connectivity index (χ4n) is 5.85. The molecule has 0 unspecified atom stereocenters. The van der Waals surface area contributed by atoms with Crippen molar-refractivity contribution < 1.29 is 28.2 Å². The van der Waals surface area contributed by atoms with Gasteiger partial charge in [0.1, 0.15) is 34.7 Å². The number of carbonyl (C=O) groups excluding carboxylic acids is 2. The van der Waals surface area contributed by atoms with Crippen LogP contribution >= 0.6 is 22.7 Å². The summed E-state index contributed by atoms with van der Waals surface area (Å²) < 4.78 is 36.8. The lowest BCUT2D eigenvalue weighted by Crippen LogP contribution is -2.34. The van der Waals surface area contributed by atoms with Crippen molar-refractivity contribution in [3.05, 3.63) is 87.8 Å². The number of benzene rings is 2. The van der Waals surface area contributed by atoms with Crippen LogP contribution in [0.1, 0.15) is 21.7 Å². The molecule has 0 spiro atoms. The van der Waals surface area contributed by atoms with Crippen LogP contribution in [-0.2, 0) is 35.5 Å². The van der Waals surface area contributed by atoms with E-state index in [9.17, 15) is 19.1 Å². The number of carbonyl (C=O) groups is 2. The van der Waals surface area contributed by atoms with E-state index in [0.717, 1.165) is 44.8 Å². The summed E-state index contributed by atoms with van der Waals surface area (Å²) in [4.78, 5) is 37.0. The SMILES string of the molecule is C=CC(=O)N1CCc2nc(-c3nc(-c4ccc5c(c4)CNC(=O)C5)c4ccsc4c3-c3c(F)cc(F)cc3OCCO)sc2C1. The van der Waals surface area contributed by atoms with Gasteiger partial charge in [-0.1, -0.05) is 18.7 Å². The second-order valence-electron chi connectivity index (χ2n) is 10.7. The molecule has 0 aliphatic carbocycles. The molecule has 228 valence electrons. The van der Waals surface area contributed by atoms with Crippen LogP contribution in [0.2, 0.25) is 0 Å². The minimum absolute atomic E-state index is 0.0242. The van der Waals surface area contributed by atoms with Crippen molar-refractivity contribution in [2.45, 2.75) is 25.9 Å². The molecule has 0 fully saturated rings. The Morgan fingerprint density at radius 1 is 1.13 bits per heavy atom. The fraction of sp³-hybridized carbons (Fsp3) is 0.212. The van der Waals surface area contributed by atoms with Crippen molar-refractivity contribution in [2.75, 3.05) is 19.8 Å². The van der Waals surface area contributed by atoms with Crippen LogP contribution in [0.25, 0.3) is 43.2 Å². The molecule has 0 atom stereocenters. The van der Waals surface area contributed by atoms with Gasteiger partial charge in [-0.2, -0.15) is 0 Å². The first-order valence-electron chi connectivity index (χ1n) is 14.3. The molecule has 0 saturated carbocycles. The number of thiophene rings is 1. The predicted molar refractivity (Wildman–Crippen MR) is 169 cm³/mol. The number of thiazole rings is 1. The number of halogens is 2. The monoisotopic (exact) mass is 644 g/mol. The summed E-state index contributed by atoms with van der Waals surface area (Å²) in [5, 5.41) is 15.5. The maximum Gasteiger partial charge on any atom is 0.246 e. The largest absolute Gasteiger partial charge is 0.490 e. The second-order valence-corrected chi connectivity index (χ2v) is 12.7. The normalized spacial score (nSPS) is 14.2. The lowest BCUT2D eigenvalue weighted by Gasteiger charge is -2.24. The van der Waals surface area contributed by atoms with Gasteiger partial charge in [0.05, 0.1) is 36.5 Å². The van der Waals surface area contributed by atoms with Crippen LogP contribution in [0, 0.1) is 11.6 Å². The highest BCUT2D eigenvalue weighted by Gasteiger charge is 2.29. The highest BCUT2D eigenvalue weighted by Crippen LogP contribution is 2.48. The Morgan fingerprint density at radius 3 is 2.82 bits per heavy atom.